The minimum atomic E-state index is -0.552. The molecule has 0 aliphatic rings. The fraction of sp³-hybridized carbons (Fsp3) is 0.286. The average Bonchev–Trinajstić information content (AvgIpc) is 2.03. The quantitative estimate of drug-likeness (QED) is 0.655. The van der Waals surface area contributed by atoms with Crippen molar-refractivity contribution in [3.8, 4) is 0 Å². The minimum absolute atomic E-state index is 0.193. The van der Waals surface area contributed by atoms with Crippen molar-refractivity contribution in [1.82, 2.24) is 9.55 Å². The van der Waals surface area contributed by atoms with E-state index in [-0.39, 0.29) is 10.3 Å². The lowest BCUT2D eigenvalue weighted by Gasteiger charge is -2.10. The van der Waals surface area contributed by atoms with Crippen LogP contribution >= 0.6 is 12.2 Å². The molecule has 1 heterocycles. The fourth-order valence-electron chi connectivity index (χ4n) is 0.869. The SMILES string of the molecule is CC(C(N)=O)n1ccc(=O)[nH]c1=S. The van der Waals surface area contributed by atoms with Crippen LogP contribution in [0.25, 0.3) is 0 Å². The van der Waals surface area contributed by atoms with Crippen molar-refractivity contribution in [3.63, 3.8) is 0 Å². The summed E-state index contributed by atoms with van der Waals surface area (Å²) < 4.78 is 1.62. The highest BCUT2D eigenvalue weighted by atomic mass is 32.1. The molecule has 6 heteroatoms. The number of nitrogens with one attached hydrogen (secondary N) is 1. The van der Waals surface area contributed by atoms with E-state index in [0.717, 1.165) is 0 Å². The molecule has 1 atom stereocenters. The summed E-state index contributed by atoms with van der Waals surface area (Å²) in [6, 6.07) is 0.735. The molecule has 0 fully saturated rings. The third-order valence-corrected chi connectivity index (χ3v) is 1.99. The first kappa shape index (κ1) is 9.66. The lowest BCUT2D eigenvalue weighted by molar-refractivity contribution is -0.120. The first-order valence-corrected chi connectivity index (χ1v) is 4.04. The van der Waals surface area contributed by atoms with Crippen LogP contribution in [-0.2, 0) is 4.79 Å². The highest BCUT2D eigenvalue weighted by Gasteiger charge is 2.10. The number of amides is 1. The zero-order chi connectivity index (χ0) is 10.0. The molecule has 0 aromatic carbocycles. The molecule has 1 rings (SSSR count). The summed E-state index contributed by atoms with van der Waals surface area (Å²) >= 11 is 4.83. The molecule has 13 heavy (non-hydrogen) atoms. The van der Waals surface area contributed by atoms with E-state index in [4.69, 9.17) is 18.0 Å². The molecule has 0 spiro atoms. The smallest absolute Gasteiger partial charge is 0.251 e. The molecule has 70 valence electrons. The second kappa shape index (κ2) is 3.53. The second-order valence-electron chi connectivity index (χ2n) is 2.60. The third-order valence-electron chi connectivity index (χ3n) is 1.68. The van der Waals surface area contributed by atoms with Gasteiger partial charge in [-0.05, 0) is 19.1 Å². The van der Waals surface area contributed by atoms with E-state index >= 15 is 0 Å². The van der Waals surface area contributed by atoms with Crippen molar-refractivity contribution in [2.75, 3.05) is 0 Å². The van der Waals surface area contributed by atoms with Crippen LogP contribution in [0.4, 0.5) is 0 Å². The summed E-state index contributed by atoms with van der Waals surface area (Å²) in [4.78, 5) is 24.0. The first-order valence-electron chi connectivity index (χ1n) is 3.63. The molecule has 0 bridgehead atoms. The van der Waals surface area contributed by atoms with Crippen molar-refractivity contribution < 1.29 is 4.79 Å². The van der Waals surface area contributed by atoms with Gasteiger partial charge in [0, 0.05) is 12.3 Å². The van der Waals surface area contributed by atoms with Crippen LogP contribution in [0.5, 0.6) is 0 Å². The summed E-state index contributed by atoms with van der Waals surface area (Å²) in [5.41, 5.74) is 4.78. The number of aromatic amines is 1. The monoisotopic (exact) mass is 199 g/mol. The fourth-order valence-corrected chi connectivity index (χ4v) is 1.19. The van der Waals surface area contributed by atoms with Gasteiger partial charge in [-0.2, -0.15) is 0 Å². The van der Waals surface area contributed by atoms with Crippen LogP contribution in [0.1, 0.15) is 13.0 Å². The molecule has 0 aliphatic carbocycles. The molecule has 0 saturated carbocycles. The Morgan fingerprint density at radius 2 is 2.38 bits per heavy atom. The molecule has 0 aliphatic heterocycles. The topological polar surface area (TPSA) is 80.9 Å². The van der Waals surface area contributed by atoms with E-state index < -0.39 is 11.9 Å². The molecule has 1 unspecified atom stereocenters. The van der Waals surface area contributed by atoms with E-state index in [9.17, 15) is 9.59 Å². The lowest BCUT2D eigenvalue weighted by Crippen LogP contribution is -2.26. The Hall–Kier alpha value is -1.43. The highest BCUT2D eigenvalue weighted by molar-refractivity contribution is 7.71. The standard InChI is InChI=1S/C7H9N3O2S/c1-4(6(8)12)10-3-2-5(11)9-7(10)13/h2-4H,1H3,(H2,8,12)(H,9,11,13). The van der Waals surface area contributed by atoms with Gasteiger partial charge in [0.15, 0.2) is 4.77 Å². The predicted octanol–water partition coefficient (Wildman–Crippen LogP) is -0.0478. The van der Waals surface area contributed by atoms with Gasteiger partial charge < -0.3 is 10.3 Å². The molecule has 0 radical (unpaired) electrons. The molecule has 1 aromatic heterocycles. The number of aromatic nitrogens is 2. The normalized spacial score (nSPS) is 12.4. The molecular formula is C7H9N3O2S. The van der Waals surface area contributed by atoms with Crippen LogP contribution in [0.2, 0.25) is 0 Å². The Morgan fingerprint density at radius 1 is 1.77 bits per heavy atom. The molecule has 3 N–H and O–H groups in total. The summed E-state index contributed by atoms with van der Waals surface area (Å²) in [6.45, 7) is 1.61. The first-order chi connectivity index (χ1) is 6.02. The van der Waals surface area contributed by atoms with Crippen LogP contribution in [0.15, 0.2) is 17.1 Å². The molecule has 1 amide bonds. The largest absolute Gasteiger partial charge is 0.368 e. The molecule has 1 aromatic rings. The van der Waals surface area contributed by atoms with E-state index in [2.05, 4.69) is 4.98 Å². The maximum atomic E-state index is 10.8. The summed E-state index contributed by atoms with van der Waals surface area (Å²) in [5, 5.41) is 0. The Kier molecular flexibility index (Phi) is 2.62. The van der Waals surface area contributed by atoms with Crippen molar-refractivity contribution >= 4 is 18.1 Å². The van der Waals surface area contributed by atoms with Gasteiger partial charge in [0.25, 0.3) is 5.56 Å². The molecule has 0 saturated heterocycles. The van der Waals surface area contributed by atoms with Gasteiger partial charge in [-0.3, -0.25) is 14.6 Å². The summed E-state index contributed by atoms with van der Waals surface area (Å²) in [5.74, 6) is -0.497. The van der Waals surface area contributed by atoms with Crippen LogP contribution in [0, 0.1) is 4.77 Å². The van der Waals surface area contributed by atoms with Gasteiger partial charge >= 0.3 is 0 Å². The Morgan fingerprint density at radius 3 is 2.85 bits per heavy atom. The average molecular weight is 199 g/mol. The number of hydrogen-bond donors (Lipinski definition) is 2. The Labute approximate surface area is 79.2 Å². The highest BCUT2D eigenvalue weighted by Crippen LogP contribution is 2.02. The number of carbonyl (C=O) groups is 1. The van der Waals surface area contributed by atoms with Gasteiger partial charge in [0.1, 0.15) is 6.04 Å². The maximum Gasteiger partial charge on any atom is 0.251 e. The van der Waals surface area contributed by atoms with Gasteiger partial charge in [-0.25, -0.2) is 0 Å². The van der Waals surface area contributed by atoms with E-state index in [1.54, 1.807) is 6.92 Å². The number of primary amides is 1. The maximum absolute atomic E-state index is 10.8. The summed E-state index contributed by atoms with van der Waals surface area (Å²) in [6.07, 6.45) is 1.44. The summed E-state index contributed by atoms with van der Waals surface area (Å²) in [7, 11) is 0. The minimum Gasteiger partial charge on any atom is -0.368 e. The van der Waals surface area contributed by atoms with E-state index in [1.807, 2.05) is 0 Å². The van der Waals surface area contributed by atoms with E-state index in [0.29, 0.717) is 0 Å². The van der Waals surface area contributed by atoms with Crippen LogP contribution < -0.4 is 11.3 Å². The number of carbonyl (C=O) groups excluding carboxylic acids is 1. The number of H-pyrrole nitrogens is 1. The van der Waals surface area contributed by atoms with E-state index in [1.165, 1.54) is 16.8 Å². The van der Waals surface area contributed by atoms with Crippen molar-refractivity contribution in [2.24, 2.45) is 5.73 Å². The van der Waals surface area contributed by atoms with Gasteiger partial charge in [0.05, 0.1) is 0 Å². The van der Waals surface area contributed by atoms with Crippen molar-refractivity contribution in [1.29, 1.82) is 0 Å². The van der Waals surface area contributed by atoms with Crippen LogP contribution in [0.3, 0.4) is 0 Å². The van der Waals surface area contributed by atoms with Gasteiger partial charge in [-0.1, -0.05) is 0 Å². The van der Waals surface area contributed by atoms with Crippen molar-refractivity contribution in [2.45, 2.75) is 13.0 Å². The Bertz CT molecular complexity index is 434. The third kappa shape index (κ3) is 2.03. The second-order valence-corrected chi connectivity index (χ2v) is 2.98. The zero-order valence-corrected chi connectivity index (χ0v) is 7.80. The number of hydrogen-bond acceptors (Lipinski definition) is 3. The zero-order valence-electron chi connectivity index (χ0n) is 6.98. The number of nitrogens with two attached hydrogens (primary N) is 1. The lowest BCUT2D eigenvalue weighted by atomic mass is 10.3. The molecule has 5 nitrogen and oxygen atoms in total. The molecular weight excluding hydrogens is 190 g/mol. The van der Waals surface area contributed by atoms with Gasteiger partial charge in [-0.15, -0.1) is 0 Å². The van der Waals surface area contributed by atoms with Crippen LogP contribution in [-0.4, -0.2) is 15.5 Å². The number of nitrogens with zero attached hydrogens (tertiary/aromatic N) is 1. The van der Waals surface area contributed by atoms with Gasteiger partial charge in [0.2, 0.25) is 5.91 Å². The number of rotatable bonds is 2. The van der Waals surface area contributed by atoms with Crippen molar-refractivity contribution in [3.05, 3.63) is 27.4 Å². The Balaban J connectivity index is 3.24. The predicted molar refractivity (Wildman–Crippen MR) is 49.8 cm³/mol.